The zero-order valence-electron chi connectivity index (χ0n) is 6.58. The van der Waals surface area contributed by atoms with Crippen LogP contribution in [0.25, 0.3) is 0 Å². The largest absolute Gasteiger partial charge is 0.400 e. The van der Waals surface area contributed by atoms with Crippen LogP contribution in [0, 0.1) is 15.9 Å². The number of rotatable bonds is 2. The SMILES string of the molecule is Nc1cnc([N+](=O)[O-])c(F)c1C(F)F. The van der Waals surface area contributed by atoms with Gasteiger partial charge in [0.1, 0.15) is 0 Å². The van der Waals surface area contributed by atoms with Gasteiger partial charge in [-0.2, -0.15) is 4.39 Å². The first-order valence-corrected chi connectivity index (χ1v) is 3.31. The van der Waals surface area contributed by atoms with E-state index >= 15 is 0 Å². The molecular formula is C6H4F3N3O2. The molecule has 0 fully saturated rings. The molecule has 0 radical (unpaired) electrons. The summed E-state index contributed by atoms with van der Waals surface area (Å²) in [5.41, 5.74) is 3.19. The van der Waals surface area contributed by atoms with Crippen LogP contribution in [0.15, 0.2) is 6.20 Å². The summed E-state index contributed by atoms with van der Waals surface area (Å²) in [6.07, 6.45) is -2.58. The van der Waals surface area contributed by atoms with Crippen LogP contribution in [0.5, 0.6) is 0 Å². The number of pyridine rings is 1. The fraction of sp³-hybridized carbons (Fsp3) is 0.167. The minimum Gasteiger partial charge on any atom is -0.395 e. The molecule has 1 rings (SSSR count). The summed E-state index contributed by atoms with van der Waals surface area (Å²) >= 11 is 0. The van der Waals surface area contributed by atoms with Gasteiger partial charge < -0.3 is 15.8 Å². The molecule has 8 heteroatoms. The zero-order valence-corrected chi connectivity index (χ0v) is 6.58. The fourth-order valence-corrected chi connectivity index (χ4v) is 0.853. The van der Waals surface area contributed by atoms with Crippen molar-refractivity contribution < 1.29 is 18.1 Å². The van der Waals surface area contributed by atoms with E-state index in [9.17, 15) is 23.3 Å². The van der Waals surface area contributed by atoms with Gasteiger partial charge in [0.05, 0.1) is 11.3 Å². The van der Waals surface area contributed by atoms with Gasteiger partial charge >= 0.3 is 5.82 Å². The molecule has 0 bridgehead atoms. The van der Waals surface area contributed by atoms with E-state index in [1.165, 1.54) is 0 Å². The summed E-state index contributed by atoms with van der Waals surface area (Å²) in [6, 6.07) is 0. The topological polar surface area (TPSA) is 82.0 Å². The van der Waals surface area contributed by atoms with E-state index in [0.29, 0.717) is 6.20 Å². The van der Waals surface area contributed by atoms with Gasteiger partial charge in [-0.1, -0.05) is 0 Å². The van der Waals surface area contributed by atoms with E-state index in [4.69, 9.17) is 5.73 Å². The number of halogens is 3. The van der Waals surface area contributed by atoms with E-state index in [0.717, 1.165) is 0 Å². The molecular weight excluding hydrogens is 203 g/mol. The van der Waals surface area contributed by atoms with Crippen LogP contribution in [0.3, 0.4) is 0 Å². The van der Waals surface area contributed by atoms with Crippen molar-refractivity contribution >= 4 is 11.5 Å². The summed E-state index contributed by atoms with van der Waals surface area (Å²) in [7, 11) is 0. The Morgan fingerprint density at radius 2 is 2.14 bits per heavy atom. The third kappa shape index (κ3) is 1.58. The predicted molar refractivity (Wildman–Crippen MR) is 40.2 cm³/mol. The van der Waals surface area contributed by atoms with Crippen molar-refractivity contribution in [3.05, 3.63) is 27.7 Å². The molecule has 0 saturated carbocycles. The second kappa shape index (κ2) is 3.48. The number of nitrogens with two attached hydrogens (primary N) is 1. The molecule has 5 nitrogen and oxygen atoms in total. The van der Waals surface area contributed by atoms with Crippen molar-refractivity contribution in [2.75, 3.05) is 5.73 Å². The Morgan fingerprint density at radius 1 is 1.57 bits per heavy atom. The van der Waals surface area contributed by atoms with Gasteiger partial charge in [0.2, 0.25) is 5.82 Å². The monoisotopic (exact) mass is 207 g/mol. The van der Waals surface area contributed by atoms with Crippen LogP contribution in [0.4, 0.5) is 24.7 Å². The molecule has 1 aromatic rings. The van der Waals surface area contributed by atoms with Crippen molar-refractivity contribution in [1.82, 2.24) is 4.98 Å². The highest BCUT2D eigenvalue weighted by Gasteiger charge is 2.27. The molecule has 0 unspecified atom stereocenters. The number of nitrogen functional groups attached to an aromatic ring is 1. The van der Waals surface area contributed by atoms with Gasteiger partial charge in [0.15, 0.2) is 6.20 Å². The first-order valence-electron chi connectivity index (χ1n) is 3.31. The van der Waals surface area contributed by atoms with Crippen molar-refractivity contribution in [3.63, 3.8) is 0 Å². The van der Waals surface area contributed by atoms with Crippen LogP contribution < -0.4 is 5.73 Å². The Hall–Kier alpha value is -1.86. The van der Waals surface area contributed by atoms with Gasteiger partial charge in [-0.15, -0.1) is 0 Å². The molecule has 1 aromatic heterocycles. The Labute approximate surface area is 75.5 Å². The van der Waals surface area contributed by atoms with E-state index in [-0.39, 0.29) is 0 Å². The molecule has 0 spiro atoms. The lowest BCUT2D eigenvalue weighted by Gasteiger charge is -2.03. The Balaban J connectivity index is 3.41. The molecule has 76 valence electrons. The lowest BCUT2D eigenvalue weighted by Crippen LogP contribution is -2.05. The number of nitro groups is 1. The molecule has 14 heavy (non-hydrogen) atoms. The van der Waals surface area contributed by atoms with Crippen molar-refractivity contribution in [3.8, 4) is 0 Å². The molecule has 2 N–H and O–H groups in total. The lowest BCUT2D eigenvalue weighted by atomic mass is 10.2. The van der Waals surface area contributed by atoms with E-state index < -0.39 is 34.2 Å². The standard InChI is InChI=1S/C6H4F3N3O2/c7-4-3(5(8)9)2(10)1-11-6(4)12(13)14/h1,5H,10H2. The smallest absolute Gasteiger partial charge is 0.395 e. The minimum absolute atomic E-state index is 0.608. The number of anilines is 1. The number of alkyl halides is 2. The summed E-state index contributed by atoms with van der Waals surface area (Å²) in [6.45, 7) is 0. The summed E-state index contributed by atoms with van der Waals surface area (Å²) in [5, 5.41) is 10.1. The maximum absolute atomic E-state index is 13.0. The van der Waals surface area contributed by atoms with Crippen molar-refractivity contribution in [2.45, 2.75) is 6.43 Å². The maximum Gasteiger partial charge on any atom is 0.400 e. The molecule has 0 aromatic carbocycles. The summed E-state index contributed by atoms with van der Waals surface area (Å²) in [5.74, 6) is -2.94. The van der Waals surface area contributed by atoms with Crippen LogP contribution >= 0.6 is 0 Å². The molecule has 0 aliphatic carbocycles. The van der Waals surface area contributed by atoms with Crippen LogP contribution in [0.2, 0.25) is 0 Å². The highest BCUT2D eigenvalue weighted by molar-refractivity contribution is 5.50. The van der Waals surface area contributed by atoms with Crippen molar-refractivity contribution in [1.29, 1.82) is 0 Å². The highest BCUT2D eigenvalue weighted by Crippen LogP contribution is 2.30. The molecule has 0 atom stereocenters. The number of hydrogen-bond donors (Lipinski definition) is 1. The summed E-state index contributed by atoms with van der Waals surface area (Å²) in [4.78, 5) is 11.9. The maximum atomic E-state index is 13.0. The second-order valence-electron chi connectivity index (χ2n) is 2.32. The Kier molecular flexibility index (Phi) is 2.54. The van der Waals surface area contributed by atoms with Gasteiger partial charge in [-0.3, -0.25) is 0 Å². The zero-order chi connectivity index (χ0) is 10.9. The fourth-order valence-electron chi connectivity index (χ4n) is 0.853. The first kappa shape index (κ1) is 10.2. The van der Waals surface area contributed by atoms with Gasteiger partial charge in [0.25, 0.3) is 6.43 Å². The van der Waals surface area contributed by atoms with Gasteiger partial charge in [-0.05, 0) is 9.91 Å². The normalized spacial score (nSPS) is 10.6. The number of hydrogen-bond acceptors (Lipinski definition) is 4. The number of aromatic nitrogens is 1. The van der Waals surface area contributed by atoms with E-state index in [1.54, 1.807) is 0 Å². The van der Waals surface area contributed by atoms with Crippen LogP contribution in [-0.2, 0) is 0 Å². The molecule has 0 aliphatic heterocycles. The molecule has 0 amide bonds. The lowest BCUT2D eigenvalue weighted by molar-refractivity contribution is -0.392. The van der Waals surface area contributed by atoms with Crippen molar-refractivity contribution in [2.24, 2.45) is 0 Å². The first-order chi connectivity index (χ1) is 6.45. The second-order valence-corrected chi connectivity index (χ2v) is 2.32. The summed E-state index contributed by atoms with van der Waals surface area (Å²) < 4.78 is 37.3. The van der Waals surface area contributed by atoms with Gasteiger partial charge in [0, 0.05) is 0 Å². The predicted octanol–water partition coefficient (Wildman–Crippen LogP) is 1.65. The highest BCUT2D eigenvalue weighted by atomic mass is 19.3. The molecule has 0 saturated heterocycles. The van der Waals surface area contributed by atoms with E-state index in [2.05, 4.69) is 4.98 Å². The van der Waals surface area contributed by atoms with Crippen LogP contribution in [0.1, 0.15) is 12.0 Å². The average Bonchev–Trinajstić information content (AvgIpc) is 2.02. The van der Waals surface area contributed by atoms with Gasteiger partial charge in [-0.25, -0.2) is 8.78 Å². The average molecular weight is 207 g/mol. The Morgan fingerprint density at radius 3 is 2.57 bits per heavy atom. The molecule has 0 aliphatic rings. The Bertz CT molecular complexity index is 383. The third-order valence-corrected chi connectivity index (χ3v) is 1.46. The quantitative estimate of drug-likeness (QED) is 0.590. The minimum atomic E-state index is -3.21. The van der Waals surface area contributed by atoms with Crippen LogP contribution in [-0.4, -0.2) is 9.91 Å². The van der Waals surface area contributed by atoms with E-state index in [1.807, 2.05) is 0 Å². The third-order valence-electron chi connectivity index (χ3n) is 1.46. The number of nitrogens with zero attached hydrogens (tertiary/aromatic N) is 2. The molecule has 1 heterocycles.